The van der Waals surface area contributed by atoms with E-state index < -0.39 is 0 Å². The fraction of sp³-hybridized carbons (Fsp3) is 0.684. The molecule has 1 heterocycles. The number of benzene rings is 1. The number of nitrogens with zero attached hydrogens (tertiary/aromatic N) is 1. The van der Waals surface area contributed by atoms with Crippen LogP contribution in [0.1, 0.15) is 57.6 Å². The molecule has 0 spiro atoms. The minimum absolute atomic E-state index is 0. The number of phenolic OH excluding ortho intramolecular Hbond substituents is 1. The van der Waals surface area contributed by atoms with Gasteiger partial charge < -0.3 is 5.11 Å². The third kappa shape index (κ3) is 3.44. The van der Waals surface area contributed by atoms with E-state index in [1.165, 1.54) is 37.1 Å². The van der Waals surface area contributed by atoms with Crippen LogP contribution in [0.25, 0.3) is 0 Å². The first-order valence-electron chi connectivity index (χ1n) is 8.40. The van der Waals surface area contributed by atoms with E-state index in [1.807, 2.05) is 12.1 Å². The van der Waals surface area contributed by atoms with Gasteiger partial charge in [0.25, 0.3) is 0 Å². The number of aromatic hydroxyl groups is 1. The van der Waals surface area contributed by atoms with Crippen molar-refractivity contribution >= 4 is 12.4 Å². The SMILES string of the molecule is CC1CC2c3cccc(O)c3CCC2N(CC(C)(C)C)C1.Cl. The molecule has 0 saturated carbocycles. The van der Waals surface area contributed by atoms with E-state index in [1.54, 1.807) is 0 Å². The van der Waals surface area contributed by atoms with Gasteiger partial charge in [0.15, 0.2) is 0 Å². The van der Waals surface area contributed by atoms with E-state index >= 15 is 0 Å². The lowest BCUT2D eigenvalue weighted by molar-refractivity contribution is 0.0513. The summed E-state index contributed by atoms with van der Waals surface area (Å²) >= 11 is 0. The Balaban J connectivity index is 0.00000176. The van der Waals surface area contributed by atoms with Gasteiger partial charge in [0.1, 0.15) is 5.75 Å². The Bertz CT molecular complexity index is 523. The molecule has 1 fully saturated rings. The van der Waals surface area contributed by atoms with E-state index in [0.29, 0.717) is 23.1 Å². The van der Waals surface area contributed by atoms with Crippen LogP contribution in [0.3, 0.4) is 0 Å². The van der Waals surface area contributed by atoms with Crippen LogP contribution >= 0.6 is 12.4 Å². The Kier molecular flexibility index (Phi) is 5.13. The lowest BCUT2D eigenvalue weighted by atomic mass is 9.71. The van der Waals surface area contributed by atoms with Crippen molar-refractivity contribution in [2.75, 3.05) is 13.1 Å². The van der Waals surface area contributed by atoms with Gasteiger partial charge in [-0.2, -0.15) is 0 Å². The second kappa shape index (κ2) is 6.41. The molecule has 3 atom stereocenters. The Morgan fingerprint density at radius 3 is 2.68 bits per heavy atom. The molecule has 1 aliphatic carbocycles. The summed E-state index contributed by atoms with van der Waals surface area (Å²) in [5.74, 6) is 1.85. The van der Waals surface area contributed by atoms with E-state index in [2.05, 4.69) is 38.7 Å². The van der Waals surface area contributed by atoms with Crippen molar-refractivity contribution in [2.24, 2.45) is 11.3 Å². The first-order valence-corrected chi connectivity index (χ1v) is 8.40. The van der Waals surface area contributed by atoms with Crippen LogP contribution in [0.4, 0.5) is 0 Å². The molecule has 1 aromatic rings. The summed E-state index contributed by atoms with van der Waals surface area (Å²) < 4.78 is 0. The summed E-state index contributed by atoms with van der Waals surface area (Å²) in [5, 5.41) is 10.2. The highest BCUT2D eigenvalue weighted by Gasteiger charge is 2.40. The highest BCUT2D eigenvalue weighted by molar-refractivity contribution is 5.85. The molecule has 0 aromatic heterocycles. The number of phenols is 1. The lowest BCUT2D eigenvalue weighted by Crippen LogP contribution is -2.51. The number of rotatable bonds is 1. The normalized spacial score (nSPS) is 28.5. The van der Waals surface area contributed by atoms with Gasteiger partial charge in [0.05, 0.1) is 0 Å². The lowest BCUT2D eigenvalue weighted by Gasteiger charge is -2.49. The van der Waals surface area contributed by atoms with Crippen LogP contribution in [0.5, 0.6) is 5.75 Å². The van der Waals surface area contributed by atoms with Crippen molar-refractivity contribution < 1.29 is 5.11 Å². The van der Waals surface area contributed by atoms with E-state index in [4.69, 9.17) is 0 Å². The van der Waals surface area contributed by atoms with Crippen LogP contribution in [-0.2, 0) is 6.42 Å². The van der Waals surface area contributed by atoms with Gasteiger partial charge >= 0.3 is 0 Å². The molecule has 3 unspecified atom stereocenters. The van der Waals surface area contributed by atoms with Crippen LogP contribution in [0.2, 0.25) is 0 Å². The molecule has 3 heteroatoms. The van der Waals surface area contributed by atoms with E-state index in [9.17, 15) is 5.11 Å². The number of halogens is 1. The number of hydrogen-bond donors (Lipinski definition) is 1. The van der Waals surface area contributed by atoms with Gasteiger partial charge in [-0.3, -0.25) is 4.90 Å². The van der Waals surface area contributed by atoms with Gasteiger partial charge in [-0.05, 0) is 47.8 Å². The van der Waals surface area contributed by atoms with Gasteiger partial charge in [0, 0.05) is 25.0 Å². The predicted molar refractivity (Wildman–Crippen MR) is 95.0 cm³/mol. The molecule has 3 rings (SSSR count). The van der Waals surface area contributed by atoms with Crippen molar-refractivity contribution in [3.8, 4) is 5.75 Å². The second-order valence-electron chi connectivity index (χ2n) is 8.39. The van der Waals surface area contributed by atoms with Gasteiger partial charge in [-0.25, -0.2) is 0 Å². The average Bonchev–Trinajstić information content (AvgIpc) is 2.37. The van der Waals surface area contributed by atoms with Gasteiger partial charge in [0.2, 0.25) is 0 Å². The maximum atomic E-state index is 10.2. The monoisotopic (exact) mass is 323 g/mol. The zero-order valence-corrected chi connectivity index (χ0v) is 15.1. The predicted octanol–water partition coefficient (Wildman–Crippen LogP) is 4.60. The number of fused-ring (bicyclic) bond motifs is 3. The quantitative estimate of drug-likeness (QED) is 0.816. The maximum Gasteiger partial charge on any atom is 0.119 e. The van der Waals surface area contributed by atoms with Crippen LogP contribution in [0, 0.1) is 11.3 Å². The number of hydrogen-bond acceptors (Lipinski definition) is 2. The van der Waals surface area contributed by atoms with Crippen molar-refractivity contribution in [3.05, 3.63) is 29.3 Å². The molecule has 1 saturated heterocycles. The molecule has 0 bridgehead atoms. The van der Waals surface area contributed by atoms with Crippen molar-refractivity contribution in [1.82, 2.24) is 4.90 Å². The molecule has 2 nitrogen and oxygen atoms in total. The second-order valence-corrected chi connectivity index (χ2v) is 8.39. The molecule has 1 aromatic carbocycles. The van der Waals surface area contributed by atoms with Crippen LogP contribution < -0.4 is 0 Å². The third-order valence-electron chi connectivity index (χ3n) is 5.09. The first-order chi connectivity index (χ1) is 9.85. The Labute approximate surface area is 141 Å². The molecule has 1 N–H and O–H groups in total. The first kappa shape index (κ1) is 17.6. The third-order valence-corrected chi connectivity index (χ3v) is 5.09. The summed E-state index contributed by atoms with van der Waals surface area (Å²) in [4.78, 5) is 2.73. The highest BCUT2D eigenvalue weighted by Crippen LogP contribution is 2.45. The molecule has 124 valence electrons. The van der Waals surface area contributed by atoms with Gasteiger partial charge in [-0.15, -0.1) is 12.4 Å². The zero-order chi connectivity index (χ0) is 15.2. The molecular formula is C19H30ClNO. The topological polar surface area (TPSA) is 23.5 Å². The number of piperidine rings is 1. The maximum absolute atomic E-state index is 10.2. The zero-order valence-electron chi connectivity index (χ0n) is 14.3. The standard InChI is InChI=1S/C19H29NO.ClH/c1-13-10-16-14-6-5-7-18(21)15(14)8-9-17(16)20(11-13)12-19(2,3)4;/h5-7,13,16-17,21H,8-12H2,1-4H3;1H. The molecule has 22 heavy (non-hydrogen) atoms. The van der Waals surface area contributed by atoms with Crippen LogP contribution in [-0.4, -0.2) is 29.1 Å². The fourth-order valence-electron chi connectivity index (χ4n) is 4.47. The highest BCUT2D eigenvalue weighted by atomic mass is 35.5. The summed E-state index contributed by atoms with van der Waals surface area (Å²) in [5.41, 5.74) is 2.97. The van der Waals surface area contributed by atoms with E-state index in [0.717, 1.165) is 12.3 Å². The Hall–Kier alpha value is -0.730. The van der Waals surface area contributed by atoms with Crippen LogP contribution in [0.15, 0.2) is 18.2 Å². The summed E-state index contributed by atoms with van der Waals surface area (Å²) in [6.45, 7) is 11.8. The molecular weight excluding hydrogens is 294 g/mol. The summed E-state index contributed by atoms with van der Waals surface area (Å²) in [6, 6.07) is 6.77. The molecule has 0 amide bonds. The Morgan fingerprint density at radius 2 is 2.00 bits per heavy atom. The molecule has 1 aliphatic heterocycles. The van der Waals surface area contributed by atoms with Crippen molar-refractivity contribution in [2.45, 2.75) is 58.9 Å². The largest absolute Gasteiger partial charge is 0.508 e. The molecule has 2 aliphatic rings. The molecule has 0 radical (unpaired) electrons. The van der Waals surface area contributed by atoms with Crippen molar-refractivity contribution in [3.63, 3.8) is 0 Å². The average molecular weight is 324 g/mol. The van der Waals surface area contributed by atoms with Crippen molar-refractivity contribution in [1.29, 1.82) is 0 Å². The summed E-state index contributed by atoms with van der Waals surface area (Å²) in [6.07, 6.45) is 3.48. The number of likely N-dealkylation sites (tertiary alicyclic amines) is 1. The minimum atomic E-state index is 0. The summed E-state index contributed by atoms with van der Waals surface area (Å²) in [7, 11) is 0. The van der Waals surface area contributed by atoms with Gasteiger partial charge in [-0.1, -0.05) is 39.8 Å². The smallest absolute Gasteiger partial charge is 0.119 e. The van der Waals surface area contributed by atoms with E-state index in [-0.39, 0.29) is 12.4 Å². The minimum Gasteiger partial charge on any atom is -0.508 e. The fourth-order valence-corrected chi connectivity index (χ4v) is 4.47. The Morgan fingerprint density at radius 1 is 1.27 bits per heavy atom.